The zero-order chi connectivity index (χ0) is 21.0. The van der Waals surface area contributed by atoms with Crippen LogP contribution in [0.15, 0.2) is 52.2 Å². The van der Waals surface area contributed by atoms with E-state index < -0.39 is 10.0 Å². The van der Waals surface area contributed by atoms with Gasteiger partial charge in [0, 0.05) is 31.9 Å². The highest BCUT2D eigenvalue weighted by Gasteiger charge is 2.16. The Bertz CT molecular complexity index is 1130. The van der Waals surface area contributed by atoms with E-state index in [9.17, 15) is 13.2 Å². The van der Waals surface area contributed by atoms with Crippen LogP contribution in [0.5, 0.6) is 0 Å². The lowest BCUT2D eigenvalue weighted by molar-refractivity contribution is 0.581. The van der Waals surface area contributed by atoms with E-state index in [2.05, 4.69) is 23.5 Å². The summed E-state index contributed by atoms with van der Waals surface area (Å²) in [5, 5.41) is 0. The molecule has 1 N–H and O–H groups in total. The van der Waals surface area contributed by atoms with Gasteiger partial charge >= 0.3 is 4.87 Å². The second-order valence-electron chi connectivity index (χ2n) is 6.81. The lowest BCUT2D eigenvalue weighted by Crippen LogP contribution is -2.24. The fourth-order valence-electron chi connectivity index (χ4n) is 3.32. The van der Waals surface area contributed by atoms with Crippen molar-refractivity contribution in [3.8, 4) is 0 Å². The summed E-state index contributed by atoms with van der Waals surface area (Å²) in [6.07, 6.45) is 0.848. The first-order valence-corrected chi connectivity index (χ1v) is 12.2. The van der Waals surface area contributed by atoms with Gasteiger partial charge in [-0.3, -0.25) is 9.36 Å². The highest BCUT2D eigenvalue weighted by Crippen LogP contribution is 2.22. The third-order valence-corrected chi connectivity index (χ3v) is 7.27. The van der Waals surface area contributed by atoms with Crippen molar-refractivity contribution in [2.45, 2.75) is 45.2 Å². The number of rotatable bonds is 9. The molecule has 2 aromatic carbocycles. The predicted molar refractivity (Wildman–Crippen MR) is 120 cm³/mol. The van der Waals surface area contributed by atoms with Crippen molar-refractivity contribution in [1.29, 1.82) is 0 Å². The van der Waals surface area contributed by atoms with Crippen molar-refractivity contribution in [2.75, 3.05) is 18.0 Å². The van der Waals surface area contributed by atoms with Gasteiger partial charge in [0.25, 0.3) is 0 Å². The van der Waals surface area contributed by atoms with E-state index in [1.807, 2.05) is 31.2 Å². The largest absolute Gasteiger partial charge is 0.372 e. The van der Waals surface area contributed by atoms with Crippen LogP contribution in [0.3, 0.4) is 0 Å². The van der Waals surface area contributed by atoms with Crippen molar-refractivity contribution in [2.24, 2.45) is 0 Å². The lowest BCUT2D eigenvalue weighted by Gasteiger charge is -2.21. The first-order valence-electron chi connectivity index (χ1n) is 9.86. The molecule has 3 rings (SSSR count). The Morgan fingerprint density at radius 3 is 2.34 bits per heavy atom. The van der Waals surface area contributed by atoms with Crippen LogP contribution >= 0.6 is 11.3 Å². The van der Waals surface area contributed by atoms with Crippen LogP contribution in [0.25, 0.3) is 10.2 Å². The molecule has 156 valence electrons. The SMILES string of the molecule is CCCn1c(=O)sc2cc(S(=O)(=O)NCc3ccc(N(CC)CC)cc3)ccc21. The monoisotopic (exact) mass is 433 g/mol. The molecule has 29 heavy (non-hydrogen) atoms. The number of aryl methyl sites for hydroxylation is 1. The fourth-order valence-corrected chi connectivity index (χ4v) is 5.40. The summed E-state index contributed by atoms with van der Waals surface area (Å²) in [4.78, 5) is 14.5. The Morgan fingerprint density at radius 1 is 1.03 bits per heavy atom. The molecule has 0 radical (unpaired) electrons. The van der Waals surface area contributed by atoms with E-state index >= 15 is 0 Å². The number of sulfonamides is 1. The summed E-state index contributed by atoms with van der Waals surface area (Å²) in [5.74, 6) is 0. The number of fused-ring (bicyclic) bond motifs is 1. The molecule has 0 amide bonds. The highest BCUT2D eigenvalue weighted by molar-refractivity contribution is 7.89. The molecule has 0 aliphatic carbocycles. The molecule has 6 nitrogen and oxygen atoms in total. The molecule has 1 heterocycles. The molecule has 0 aliphatic rings. The van der Waals surface area contributed by atoms with Crippen LogP contribution in [0.1, 0.15) is 32.8 Å². The summed E-state index contributed by atoms with van der Waals surface area (Å²) in [7, 11) is -3.67. The maximum Gasteiger partial charge on any atom is 0.308 e. The van der Waals surface area contributed by atoms with Crippen LogP contribution in [0, 0.1) is 0 Å². The Morgan fingerprint density at radius 2 is 1.72 bits per heavy atom. The average molecular weight is 434 g/mol. The standard InChI is InChI=1S/C21H27N3O3S2/c1-4-13-24-19-12-11-18(14-20(19)28-21(24)25)29(26,27)22-15-16-7-9-17(10-8-16)23(5-2)6-3/h7-12,14,22H,4-6,13,15H2,1-3H3. The third-order valence-electron chi connectivity index (χ3n) is 4.93. The van der Waals surface area contributed by atoms with Gasteiger partial charge in [0.05, 0.1) is 15.1 Å². The average Bonchev–Trinajstić information content (AvgIpc) is 3.03. The van der Waals surface area contributed by atoms with Gasteiger partial charge in [0.2, 0.25) is 10.0 Å². The normalized spacial score (nSPS) is 11.8. The van der Waals surface area contributed by atoms with Crippen LogP contribution in [0.2, 0.25) is 0 Å². The summed E-state index contributed by atoms with van der Waals surface area (Å²) in [6.45, 7) is 8.92. The minimum atomic E-state index is -3.67. The molecule has 0 bridgehead atoms. The van der Waals surface area contributed by atoms with E-state index in [0.29, 0.717) is 11.2 Å². The van der Waals surface area contributed by atoms with E-state index in [1.165, 1.54) is 0 Å². The van der Waals surface area contributed by atoms with E-state index in [1.54, 1.807) is 22.8 Å². The molecule has 0 aliphatic heterocycles. The van der Waals surface area contributed by atoms with E-state index in [0.717, 1.165) is 47.6 Å². The Labute approximate surface area is 175 Å². The van der Waals surface area contributed by atoms with E-state index in [4.69, 9.17) is 0 Å². The minimum Gasteiger partial charge on any atom is -0.372 e. The minimum absolute atomic E-state index is 0.0577. The van der Waals surface area contributed by atoms with Gasteiger partial charge in [-0.25, -0.2) is 13.1 Å². The summed E-state index contributed by atoms with van der Waals surface area (Å²) < 4.78 is 30.5. The molecule has 0 atom stereocenters. The molecular formula is C21H27N3O3S2. The van der Waals surface area contributed by atoms with Crippen molar-refractivity contribution in [1.82, 2.24) is 9.29 Å². The van der Waals surface area contributed by atoms with Crippen LogP contribution in [-0.2, 0) is 23.1 Å². The molecular weight excluding hydrogens is 406 g/mol. The van der Waals surface area contributed by atoms with Gasteiger partial charge in [-0.05, 0) is 56.2 Å². The van der Waals surface area contributed by atoms with Gasteiger partial charge in [0.1, 0.15) is 0 Å². The lowest BCUT2D eigenvalue weighted by atomic mass is 10.2. The number of benzene rings is 2. The number of anilines is 1. The third kappa shape index (κ3) is 4.71. The zero-order valence-corrected chi connectivity index (χ0v) is 18.6. The Hall–Kier alpha value is -2.16. The summed E-state index contributed by atoms with van der Waals surface area (Å²) in [6, 6.07) is 12.8. The highest BCUT2D eigenvalue weighted by atomic mass is 32.2. The van der Waals surface area contributed by atoms with Gasteiger partial charge in [-0.15, -0.1) is 0 Å². The Balaban J connectivity index is 1.76. The molecule has 3 aromatic rings. The fraction of sp³-hybridized carbons (Fsp3) is 0.381. The summed E-state index contributed by atoms with van der Waals surface area (Å²) in [5.41, 5.74) is 2.80. The molecule has 1 aromatic heterocycles. The number of aromatic nitrogens is 1. The van der Waals surface area contributed by atoms with Gasteiger partial charge in [-0.1, -0.05) is 30.4 Å². The first-order chi connectivity index (χ1) is 13.9. The van der Waals surface area contributed by atoms with Gasteiger partial charge in [0.15, 0.2) is 0 Å². The second-order valence-corrected chi connectivity index (χ2v) is 9.57. The molecule has 0 saturated heterocycles. The van der Waals surface area contributed by atoms with Crippen LogP contribution < -0.4 is 14.5 Å². The van der Waals surface area contributed by atoms with Crippen molar-refractivity contribution in [3.63, 3.8) is 0 Å². The number of thiazole rings is 1. The van der Waals surface area contributed by atoms with Crippen LogP contribution in [-0.4, -0.2) is 26.1 Å². The van der Waals surface area contributed by atoms with E-state index in [-0.39, 0.29) is 16.3 Å². The second kappa shape index (κ2) is 9.11. The quantitative estimate of drug-likeness (QED) is 0.557. The van der Waals surface area contributed by atoms with Crippen molar-refractivity contribution in [3.05, 3.63) is 57.7 Å². The summed E-state index contributed by atoms with van der Waals surface area (Å²) >= 11 is 1.08. The number of nitrogens with zero attached hydrogens (tertiary/aromatic N) is 2. The molecule has 8 heteroatoms. The maximum absolute atomic E-state index is 12.7. The smallest absolute Gasteiger partial charge is 0.308 e. The molecule has 0 fully saturated rings. The zero-order valence-electron chi connectivity index (χ0n) is 17.0. The van der Waals surface area contributed by atoms with Gasteiger partial charge in [-0.2, -0.15) is 0 Å². The predicted octanol–water partition coefficient (Wildman–Crippen LogP) is 3.80. The molecule has 0 spiro atoms. The molecule has 0 unspecified atom stereocenters. The van der Waals surface area contributed by atoms with Crippen LogP contribution in [0.4, 0.5) is 5.69 Å². The number of nitrogens with one attached hydrogen (secondary N) is 1. The Kier molecular flexibility index (Phi) is 6.77. The maximum atomic E-state index is 12.7. The number of hydrogen-bond acceptors (Lipinski definition) is 5. The topological polar surface area (TPSA) is 71.4 Å². The van der Waals surface area contributed by atoms with Crippen molar-refractivity contribution < 1.29 is 8.42 Å². The first kappa shape index (κ1) is 21.5. The van der Waals surface area contributed by atoms with Crippen molar-refractivity contribution >= 4 is 37.3 Å². The molecule has 0 saturated carbocycles. The number of hydrogen-bond donors (Lipinski definition) is 1. The van der Waals surface area contributed by atoms with Gasteiger partial charge < -0.3 is 4.90 Å².